The van der Waals surface area contributed by atoms with E-state index in [2.05, 4.69) is 47.7 Å². The van der Waals surface area contributed by atoms with E-state index in [0.717, 1.165) is 25.2 Å². The molecule has 0 spiro atoms. The normalized spacial score (nSPS) is 10.7. The van der Waals surface area contributed by atoms with E-state index in [1.54, 1.807) is 0 Å². The van der Waals surface area contributed by atoms with E-state index in [0.29, 0.717) is 0 Å². The maximum Gasteiger partial charge on any atom is 0.0637 e. The zero-order valence-corrected chi connectivity index (χ0v) is 10.5. The first-order valence-electron chi connectivity index (χ1n) is 5.99. The Hall–Kier alpha value is -1.61. The van der Waals surface area contributed by atoms with Gasteiger partial charge in [-0.1, -0.05) is 29.8 Å². The number of rotatable bonds is 5. The summed E-state index contributed by atoms with van der Waals surface area (Å²) in [4.78, 5) is 0. The van der Waals surface area contributed by atoms with Crippen LogP contribution in [0.2, 0.25) is 0 Å². The highest BCUT2D eigenvalue weighted by molar-refractivity contribution is 5.21. The fraction of sp³-hybridized carbons (Fsp3) is 0.357. The van der Waals surface area contributed by atoms with Gasteiger partial charge in [0.1, 0.15) is 0 Å². The molecule has 0 aliphatic heterocycles. The Bertz CT molecular complexity index is 457. The van der Waals surface area contributed by atoms with Gasteiger partial charge in [0, 0.05) is 32.8 Å². The molecule has 0 atom stereocenters. The van der Waals surface area contributed by atoms with Crippen LogP contribution >= 0.6 is 0 Å². The van der Waals surface area contributed by atoms with E-state index in [-0.39, 0.29) is 0 Å². The van der Waals surface area contributed by atoms with Crippen molar-refractivity contribution in [2.75, 3.05) is 6.54 Å². The van der Waals surface area contributed by atoms with Crippen molar-refractivity contribution >= 4 is 0 Å². The topological polar surface area (TPSA) is 29.9 Å². The lowest BCUT2D eigenvalue weighted by molar-refractivity contribution is 0.665. The van der Waals surface area contributed by atoms with Crippen LogP contribution in [0.15, 0.2) is 36.5 Å². The minimum Gasteiger partial charge on any atom is -0.312 e. The molecule has 3 heteroatoms. The lowest BCUT2D eigenvalue weighted by Gasteiger charge is -2.04. The number of hydrogen-bond donors (Lipinski definition) is 1. The maximum absolute atomic E-state index is 4.34. The molecule has 0 amide bonds. The van der Waals surface area contributed by atoms with Gasteiger partial charge in [-0.3, -0.25) is 4.68 Å². The highest BCUT2D eigenvalue weighted by atomic mass is 15.2. The predicted octanol–water partition coefficient (Wildman–Crippen LogP) is 2.06. The Balaban J connectivity index is 1.71. The molecule has 2 aromatic rings. The zero-order valence-electron chi connectivity index (χ0n) is 10.5. The van der Waals surface area contributed by atoms with Crippen LogP contribution in [0.1, 0.15) is 16.8 Å². The van der Waals surface area contributed by atoms with E-state index in [1.165, 1.54) is 11.1 Å². The van der Waals surface area contributed by atoms with Crippen molar-refractivity contribution in [2.24, 2.45) is 7.05 Å². The molecule has 0 fully saturated rings. The molecule has 0 aliphatic carbocycles. The van der Waals surface area contributed by atoms with Gasteiger partial charge in [0.25, 0.3) is 0 Å². The van der Waals surface area contributed by atoms with Crippen molar-refractivity contribution in [1.82, 2.24) is 15.1 Å². The van der Waals surface area contributed by atoms with Gasteiger partial charge in [-0.05, 0) is 18.6 Å². The molecule has 0 radical (unpaired) electrons. The third kappa shape index (κ3) is 3.71. The smallest absolute Gasteiger partial charge is 0.0637 e. The zero-order chi connectivity index (χ0) is 12.1. The van der Waals surface area contributed by atoms with Gasteiger partial charge in [0.15, 0.2) is 0 Å². The van der Waals surface area contributed by atoms with E-state index in [9.17, 15) is 0 Å². The molecule has 0 aliphatic rings. The monoisotopic (exact) mass is 229 g/mol. The van der Waals surface area contributed by atoms with Gasteiger partial charge >= 0.3 is 0 Å². The van der Waals surface area contributed by atoms with E-state index < -0.39 is 0 Å². The molecule has 1 aromatic heterocycles. The van der Waals surface area contributed by atoms with Crippen molar-refractivity contribution in [3.63, 3.8) is 0 Å². The first kappa shape index (κ1) is 11.9. The fourth-order valence-electron chi connectivity index (χ4n) is 1.75. The summed E-state index contributed by atoms with van der Waals surface area (Å²) in [6, 6.07) is 10.7. The SMILES string of the molecule is Cc1ccc(CNCCc2ccn(C)n2)cc1. The summed E-state index contributed by atoms with van der Waals surface area (Å²) < 4.78 is 1.84. The maximum atomic E-state index is 4.34. The lowest BCUT2D eigenvalue weighted by Crippen LogP contribution is -2.16. The van der Waals surface area contributed by atoms with Crippen molar-refractivity contribution in [2.45, 2.75) is 19.9 Å². The summed E-state index contributed by atoms with van der Waals surface area (Å²) >= 11 is 0. The summed E-state index contributed by atoms with van der Waals surface area (Å²) in [5, 5.41) is 7.77. The number of aromatic nitrogens is 2. The Morgan fingerprint density at radius 2 is 1.94 bits per heavy atom. The molecule has 0 unspecified atom stereocenters. The molecule has 0 saturated carbocycles. The largest absolute Gasteiger partial charge is 0.312 e. The van der Waals surface area contributed by atoms with E-state index in [1.807, 2.05) is 17.9 Å². The van der Waals surface area contributed by atoms with E-state index >= 15 is 0 Å². The Morgan fingerprint density at radius 1 is 1.18 bits per heavy atom. The third-order valence-electron chi connectivity index (χ3n) is 2.78. The molecule has 0 saturated heterocycles. The molecule has 90 valence electrons. The second-order valence-corrected chi connectivity index (χ2v) is 4.39. The minimum atomic E-state index is 0.924. The van der Waals surface area contributed by atoms with Crippen LogP contribution < -0.4 is 5.32 Å². The minimum absolute atomic E-state index is 0.924. The quantitative estimate of drug-likeness (QED) is 0.795. The molecule has 1 aromatic carbocycles. The number of aryl methyl sites for hydroxylation is 2. The van der Waals surface area contributed by atoms with Crippen LogP contribution in [-0.4, -0.2) is 16.3 Å². The summed E-state index contributed by atoms with van der Waals surface area (Å²) in [5.74, 6) is 0. The van der Waals surface area contributed by atoms with Crippen LogP contribution in [0.5, 0.6) is 0 Å². The lowest BCUT2D eigenvalue weighted by atomic mass is 10.1. The summed E-state index contributed by atoms with van der Waals surface area (Å²) in [5.41, 5.74) is 3.78. The van der Waals surface area contributed by atoms with Crippen molar-refractivity contribution in [1.29, 1.82) is 0 Å². The van der Waals surface area contributed by atoms with Crippen LogP contribution in [0.3, 0.4) is 0 Å². The van der Waals surface area contributed by atoms with Crippen LogP contribution in [0.25, 0.3) is 0 Å². The highest BCUT2D eigenvalue weighted by Gasteiger charge is 1.96. The third-order valence-corrected chi connectivity index (χ3v) is 2.78. The molecule has 2 rings (SSSR count). The van der Waals surface area contributed by atoms with Gasteiger partial charge < -0.3 is 5.32 Å². The Labute approximate surface area is 102 Å². The summed E-state index contributed by atoms with van der Waals surface area (Å²) in [6.45, 7) is 4.00. The summed E-state index contributed by atoms with van der Waals surface area (Å²) in [6.07, 6.45) is 2.96. The molecule has 3 nitrogen and oxygen atoms in total. The van der Waals surface area contributed by atoms with Gasteiger partial charge in [-0.2, -0.15) is 5.10 Å². The Morgan fingerprint density at radius 3 is 2.59 bits per heavy atom. The number of hydrogen-bond acceptors (Lipinski definition) is 2. The van der Waals surface area contributed by atoms with Crippen LogP contribution in [0, 0.1) is 6.92 Å². The van der Waals surface area contributed by atoms with Crippen molar-refractivity contribution in [3.8, 4) is 0 Å². The van der Waals surface area contributed by atoms with Crippen molar-refractivity contribution in [3.05, 3.63) is 53.3 Å². The second-order valence-electron chi connectivity index (χ2n) is 4.39. The molecule has 1 heterocycles. The van der Waals surface area contributed by atoms with Crippen LogP contribution in [-0.2, 0) is 20.0 Å². The average molecular weight is 229 g/mol. The van der Waals surface area contributed by atoms with E-state index in [4.69, 9.17) is 0 Å². The second kappa shape index (κ2) is 5.64. The molecule has 1 N–H and O–H groups in total. The van der Waals surface area contributed by atoms with Gasteiger partial charge in [-0.15, -0.1) is 0 Å². The number of benzene rings is 1. The first-order valence-corrected chi connectivity index (χ1v) is 5.99. The van der Waals surface area contributed by atoms with Gasteiger partial charge in [-0.25, -0.2) is 0 Å². The fourth-order valence-corrected chi connectivity index (χ4v) is 1.75. The van der Waals surface area contributed by atoms with Crippen LogP contribution in [0.4, 0.5) is 0 Å². The van der Waals surface area contributed by atoms with Gasteiger partial charge in [0.05, 0.1) is 5.69 Å². The molecular formula is C14H19N3. The standard InChI is InChI=1S/C14H19N3/c1-12-3-5-13(6-4-12)11-15-9-7-14-8-10-17(2)16-14/h3-6,8,10,15H,7,9,11H2,1-2H3. The molecule has 0 bridgehead atoms. The number of nitrogens with zero attached hydrogens (tertiary/aromatic N) is 2. The molecule has 17 heavy (non-hydrogen) atoms. The first-order chi connectivity index (χ1) is 8.24. The average Bonchev–Trinajstić information content (AvgIpc) is 2.73. The highest BCUT2D eigenvalue weighted by Crippen LogP contribution is 2.02. The molecular weight excluding hydrogens is 210 g/mol. The predicted molar refractivity (Wildman–Crippen MR) is 69.8 cm³/mol. The van der Waals surface area contributed by atoms with Crippen molar-refractivity contribution < 1.29 is 0 Å². The summed E-state index contributed by atoms with van der Waals surface area (Å²) in [7, 11) is 1.95. The number of nitrogens with one attached hydrogen (secondary N) is 1. The van der Waals surface area contributed by atoms with Gasteiger partial charge in [0.2, 0.25) is 0 Å². The Kier molecular flexibility index (Phi) is 3.94.